The number of hydrogen-bond acceptors (Lipinski definition) is 4. The molecule has 0 spiro atoms. The molecule has 0 N–H and O–H groups in total. The van der Waals surface area contributed by atoms with E-state index in [-0.39, 0.29) is 36.0 Å². The van der Waals surface area contributed by atoms with Crippen molar-refractivity contribution in [3.63, 3.8) is 0 Å². The summed E-state index contributed by atoms with van der Waals surface area (Å²) in [5, 5.41) is 0. The highest BCUT2D eigenvalue weighted by molar-refractivity contribution is 5.79. The van der Waals surface area contributed by atoms with Crippen molar-refractivity contribution in [2.24, 2.45) is 17.3 Å². The maximum absolute atomic E-state index is 11.8. The van der Waals surface area contributed by atoms with Gasteiger partial charge in [0.1, 0.15) is 12.2 Å². The Bertz CT molecular complexity index is 342. The number of rotatable bonds is 1. The van der Waals surface area contributed by atoms with Gasteiger partial charge >= 0.3 is 11.9 Å². The summed E-state index contributed by atoms with van der Waals surface area (Å²) in [6.45, 7) is 7.52. The standard InChI is InChI=1S/C13H20O4/c1-7-9(16-12(15)13(2,3)4)6-5-8-10(7)17-11(8)14/h7-10H,5-6H2,1-4H3. The van der Waals surface area contributed by atoms with Crippen LogP contribution in [0, 0.1) is 17.3 Å². The number of esters is 2. The van der Waals surface area contributed by atoms with Gasteiger partial charge in [-0.3, -0.25) is 9.59 Å². The van der Waals surface area contributed by atoms with Crippen LogP contribution in [-0.4, -0.2) is 24.1 Å². The molecule has 17 heavy (non-hydrogen) atoms. The molecule has 0 bridgehead atoms. The van der Waals surface area contributed by atoms with Crippen LogP contribution in [0.15, 0.2) is 0 Å². The van der Waals surface area contributed by atoms with Crippen molar-refractivity contribution in [2.75, 3.05) is 0 Å². The van der Waals surface area contributed by atoms with Gasteiger partial charge in [-0.05, 0) is 33.6 Å². The van der Waals surface area contributed by atoms with Crippen LogP contribution in [-0.2, 0) is 19.1 Å². The Kier molecular flexibility index (Phi) is 2.92. The topological polar surface area (TPSA) is 52.6 Å². The first kappa shape index (κ1) is 12.4. The second-order valence-electron chi connectivity index (χ2n) is 6.14. The average molecular weight is 240 g/mol. The van der Waals surface area contributed by atoms with Crippen LogP contribution in [0.4, 0.5) is 0 Å². The van der Waals surface area contributed by atoms with Gasteiger partial charge in [0.05, 0.1) is 11.3 Å². The summed E-state index contributed by atoms with van der Waals surface area (Å²) in [5.41, 5.74) is -0.479. The first-order valence-electron chi connectivity index (χ1n) is 6.22. The minimum atomic E-state index is -0.479. The van der Waals surface area contributed by atoms with Crippen molar-refractivity contribution in [1.82, 2.24) is 0 Å². The third kappa shape index (κ3) is 2.17. The molecule has 1 saturated carbocycles. The summed E-state index contributed by atoms with van der Waals surface area (Å²) < 4.78 is 10.6. The zero-order valence-corrected chi connectivity index (χ0v) is 10.9. The first-order chi connectivity index (χ1) is 7.80. The Hall–Kier alpha value is -1.06. The molecule has 2 aliphatic rings. The summed E-state index contributed by atoms with van der Waals surface area (Å²) in [7, 11) is 0. The maximum Gasteiger partial charge on any atom is 0.313 e. The van der Waals surface area contributed by atoms with Crippen molar-refractivity contribution in [1.29, 1.82) is 0 Å². The molecule has 2 fully saturated rings. The molecule has 0 amide bonds. The van der Waals surface area contributed by atoms with Crippen molar-refractivity contribution < 1.29 is 19.1 Å². The number of ether oxygens (including phenoxy) is 2. The molecular formula is C13H20O4. The molecule has 0 aromatic heterocycles. The molecule has 0 aromatic rings. The summed E-state index contributed by atoms with van der Waals surface area (Å²) in [6, 6.07) is 0. The van der Waals surface area contributed by atoms with E-state index in [0.717, 1.165) is 12.8 Å². The second kappa shape index (κ2) is 4.00. The van der Waals surface area contributed by atoms with Crippen LogP contribution >= 0.6 is 0 Å². The SMILES string of the molecule is CC1C(OC(=O)C(C)(C)C)CCC2C(=O)OC21. The molecule has 2 rings (SSSR count). The van der Waals surface area contributed by atoms with Crippen LogP contribution in [0.3, 0.4) is 0 Å². The molecule has 4 heteroatoms. The molecule has 1 saturated heterocycles. The van der Waals surface area contributed by atoms with E-state index in [9.17, 15) is 9.59 Å². The molecule has 4 atom stereocenters. The third-order valence-corrected chi connectivity index (χ3v) is 3.69. The predicted molar refractivity (Wildman–Crippen MR) is 61.1 cm³/mol. The number of carbonyl (C=O) groups is 2. The van der Waals surface area contributed by atoms with Crippen molar-refractivity contribution in [3.8, 4) is 0 Å². The smallest absolute Gasteiger partial charge is 0.313 e. The van der Waals surface area contributed by atoms with E-state index in [4.69, 9.17) is 9.47 Å². The molecular weight excluding hydrogens is 220 g/mol. The van der Waals surface area contributed by atoms with Gasteiger partial charge in [-0.2, -0.15) is 0 Å². The minimum Gasteiger partial charge on any atom is -0.462 e. The summed E-state index contributed by atoms with van der Waals surface area (Å²) in [5.74, 6) is -0.131. The van der Waals surface area contributed by atoms with Gasteiger partial charge in [0.15, 0.2) is 0 Å². The molecule has 96 valence electrons. The lowest BCUT2D eigenvalue weighted by molar-refractivity contribution is -0.210. The van der Waals surface area contributed by atoms with E-state index in [1.54, 1.807) is 0 Å². The quantitative estimate of drug-likeness (QED) is 0.657. The normalized spacial score (nSPS) is 36.6. The predicted octanol–water partition coefficient (Wildman–Crippen LogP) is 1.92. The Morgan fingerprint density at radius 1 is 1.35 bits per heavy atom. The van der Waals surface area contributed by atoms with Gasteiger partial charge in [0.25, 0.3) is 0 Å². The van der Waals surface area contributed by atoms with E-state index in [0.29, 0.717) is 0 Å². The molecule has 4 unspecified atom stereocenters. The molecule has 1 heterocycles. The Balaban J connectivity index is 1.95. The fraction of sp³-hybridized carbons (Fsp3) is 0.846. The van der Waals surface area contributed by atoms with E-state index in [2.05, 4.69) is 0 Å². The van der Waals surface area contributed by atoms with Crippen LogP contribution in [0.1, 0.15) is 40.5 Å². The Morgan fingerprint density at radius 2 is 2.00 bits per heavy atom. The van der Waals surface area contributed by atoms with E-state index < -0.39 is 5.41 Å². The highest BCUT2D eigenvalue weighted by atomic mass is 16.6. The molecule has 0 aromatic carbocycles. The van der Waals surface area contributed by atoms with E-state index in [1.165, 1.54) is 0 Å². The number of hydrogen-bond donors (Lipinski definition) is 0. The monoisotopic (exact) mass is 240 g/mol. The molecule has 1 aliphatic heterocycles. The maximum atomic E-state index is 11.8. The average Bonchev–Trinajstić information content (AvgIpc) is 2.20. The largest absolute Gasteiger partial charge is 0.462 e. The second-order valence-corrected chi connectivity index (χ2v) is 6.14. The minimum absolute atomic E-state index is 0.0367. The van der Waals surface area contributed by atoms with Gasteiger partial charge in [0, 0.05) is 5.92 Å². The summed E-state index contributed by atoms with van der Waals surface area (Å²) in [4.78, 5) is 23.0. The van der Waals surface area contributed by atoms with E-state index >= 15 is 0 Å². The van der Waals surface area contributed by atoms with Crippen molar-refractivity contribution in [2.45, 2.75) is 52.7 Å². The zero-order chi connectivity index (χ0) is 12.8. The fourth-order valence-corrected chi connectivity index (χ4v) is 2.42. The highest BCUT2D eigenvalue weighted by Gasteiger charge is 2.51. The lowest BCUT2D eigenvalue weighted by atomic mass is 9.74. The van der Waals surface area contributed by atoms with Gasteiger partial charge in [-0.25, -0.2) is 0 Å². The molecule has 4 nitrogen and oxygen atoms in total. The van der Waals surface area contributed by atoms with E-state index in [1.807, 2.05) is 27.7 Å². The first-order valence-corrected chi connectivity index (χ1v) is 6.22. The van der Waals surface area contributed by atoms with Crippen LogP contribution < -0.4 is 0 Å². The van der Waals surface area contributed by atoms with Gasteiger partial charge in [-0.1, -0.05) is 6.92 Å². The zero-order valence-electron chi connectivity index (χ0n) is 10.9. The van der Waals surface area contributed by atoms with Gasteiger partial charge in [0.2, 0.25) is 0 Å². The number of carbonyl (C=O) groups excluding carboxylic acids is 2. The van der Waals surface area contributed by atoms with Gasteiger partial charge < -0.3 is 9.47 Å². The molecule has 0 radical (unpaired) electrons. The lowest BCUT2D eigenvalue weighted by Crippen LogP contribution is -2.56. The third-order valence-electron chi connectivity index (χ3n) is 3.69. The van der Waals surface area contributed by atoms with Crippen LogP contribution in [0.5, 0.6) is 0 Å². The molecule has 1 aliphatic carbocycles. The van der Waals surface area contributed by atoms with Crippen molar-refractivity contribution >= 4 is 11.9 Å². The Labute approximate surface area is 102 Å². The summed E-state index contributed by atoms with van der Waals surface area (Å²) in [6.07, 6.45) is 1.37. The van der Waals surface area contributed by atoms with Gasteiger partial charge in [-0.15, -0.1) is 0 Å². The van der Waals surface area contributed by atoms with Crippen LogP contribution in [0.2, 0.25) is 0 Å². The highest BCUT2D eigenvalue weighted by Crippen LogP contribution is 2.41. The van der Waals surface area contributed by atoms with Crippen molar-refractivity contribution in [3.05, 3.63) is 0 Å². The Morgan fingerprint density at radius 3 is 2.53 bits per heavy atom. The number of fused-ring (bicyclic) bond motifs is 1. The summed E-state index contributed by atoms with van der Waals surface area (Å²) >= 11 is 0. The van der Waals surface area contributed by atoms with Crippen LogP contribution in [0.25, 0.3) is 0 Å². The fourth-order valence-electron chi connectivity index (χ4n) is 2.42. The lowest BCUT2D eigenvalue weighted by Gasteiger charge is -2.46.